The monoisotopic (exact) mass is 402 g/mol. The molecule has 132 valence electrons. The van der Waals surface area contributed by atoms with Crippen LogP contribution >= 0.6 is 34.3 Å². The number of nitrogens with one attached hydrogen (secondary N) is 1. The first-order valence-electron chi connectivity index (χ1n) is 8.09. The second-order valence-corrected chi connectivity index (χ2v) is 8.21. The van der Waals surface area contributed by atoms with Crippen molar-refractivity contribution in [2.75, 3.05) is 5.32 Å². The van der Waals surface area contributed by atoms with Gasteiger partial charge in [-0.15, -0.1) is 22.7 Å². The second-order valence-electron chi connectivity index (χ2n) is 5.64. The SMILES string of the molecule is CCn1c(NC(=O)Cc2csc(-c3ccc(Cl)s3)n2)nc2ccccc21. The van der Waals surface area contributed by atoms with Gasteiger partial charge in [-0.2, -0.15) is 0 Å². The van der Waals surface area contributed by atoms with Gasteiger partial charge < -0.3 is 4.57 Å². The Bertz CT molecular complexity index is 1080. The van der Waals surface area contributed by atoms with Crippen LogP contribution in [0.5, 0.6) is 0 Å². The average molecular weight is 403 g/mol. The zero-order valence-corrected chi connectivity index (χ0v) is 16.3. The molecular weight excluding hydrogens is 388 g/mol. The number of anilines is 1. The minimum Gasteiger partial charge on any atom is -0.310 e. The molecule has 3 aromatic heterocycles. The Morgan fingerprint density at radius 2 is 2.08 bits per heavy atom. The summed E-state index contributed by atoms with van der Waals surface area (Å²) < 4.78 is 2.72. The molecule has 0 fully saturated rings. The molecular formula is C18H15ClN4OS2. The molecule has 0 radical (unpaired) electrons. The summed E-state index contributed by atoms with van der Waals surface area (Å²) in [4.78, 5) is 22.5. The number of thiophene rings is 1. The number of rotatable bonds is 5. The Hall–Kier alpha value is -2.22. The average Bonchev–Trinajstić information content (AvgIpc) is 3.32. The maximum atomic E-state index is 12.5. The fourth-order valence-electron chi connectivity index (χ4n) is 2.76. The number of benzene rings is 1. The van der Waals surface area contributed by atoms with E-state index in [2.05, 4.69) is 15.3 Å². The van der Waals surface area contributed by atoms with E-state index >= 15 is 0 Å². The zero-order chi connectivity index (χ0) is 18.1. The van der Waals surface area contributed by atoms with Gasteiger partial charge in [-0.05, 0) is 31.2 Å². The molecule has 0 bridgehead atoms. The van der Waals surface area contributed by atoms with Crippen molar-refractivity contribution in [2.45, 2.75) is 19.9 Å². The van der Waals surface area contributed by atoms with Gasteiger partial charge in [0.15, 0.2) is 0 Å². The standard InChI is InChI=1S/C18H15ClN4OS2/c1-2-23-13-6-4-3-5-12(13)21-18(23)22-16(24)9-11-10-25-17(20-11)14-7-8-15(19)26-14/h3-8,10H,2,9H2,1H3,(H,21,22,24). The fraction of sp³-hybridized carbons (Fsp3) is 0.167. The Labute approximate surface area is 163 Å². The van der Waals surface area contributed by atoms with Crippen molar-refractivity contribution in [1.29, 1.82) is 0 Å². The summed E-state index contributed by atoms with van der Waals surface area (Å²) in [6, 6.07) is 11.6. The van der Waals surface area contributed by atoms with Crippen LogP contribution in [-0.4, -0.2) is 20.4 Å². The van der Waals surface area contributed by atoms with E-state index in [1.165, 1.54) is 22.7 Å². The minimum atomic E-state index is -0.129. The molecule has 1 aromatic carbocycles. The first kappa shape index (κ1) is 17.2. The van der Waals surface area contributed by atoms with Gasteiger partial charge in [0.2, 0.25) is 11.9 Å². The highest BCUT2D eigenvalue weighted by Crippen LogP contribution is 2.33. The molecule has 0 saturated carbocycles. The number of imidazole rings is 1. The smallest absolute Gasteiger partial charge is 0.232 e. The summed E-state index contributed by atoms with van der Waals surface area (Å²) in [5, 5.41) is 5.70. The molecule has 0 aliphatic rings. The Kier molecular flexibility index (Phi) is 4.76. The van der Waals surface area contributed by atoms with Gasteiger partial charge in [-0.1, -0.05) is 23.7 Å². The van der Waals surface area contributed by atoms with Crippen LogP contribution in [0.1, 0.15) is 12.6 Å². The zero-order valence-electron chi connectivity index (χ0n) is 13.9. The van der Waals surface area contributed by atoms with E-state index in [1.807, 2.05) is 53.3 Å². The number of nitrogens with zero attached hydrogens (tertiary/aromatic N) is 3. The molecule has 0 saturated heterocycles. The molecule has 4 aromatic rings. The van der Waals surface area contributed by atoms with Crippen molar-refractivity contribution in [2.24, 2.45) is 0 Å². The Morgan fingerprint density at radius 3 is 2.85 bits per heavy atom. The molecule has 3 heterocycles. The van der Waals surface area contributed by atoms with Crippen molar-refractivity contribution in [3.8, 4) is 9.88 Å². The van der Waals surface area contributed by atoms with Crippen molar-refractivity contribution in [1.82, 2.24) is 14.5 Å². The molecule has 5 nitrogen and oxygen atoms in total. The summed E-state index contributed by atoms with van der Waals surface area (Å²) in [5.74, 6) is 0.440. The number of carbonyl (C=O) groups is 1. The fourth-order valence-corrected chi connectivity index (χ4v) is 4.69. The molecule has 4 rings (SSSR count). The van der Waals surface area contributed by atoms with Gasteiger partial charge in [-0.25, -0.2) is 9.97 Å². The molecule has 26 heavy (non-hydrogen) atoms. The maximum Gasteiger partial charge on any atom is 0.232 e. The molecule has 0 unspecified atom stereocenters. The van der Waals surface area contributed by atoms with Gasteiger partial charge in [-0.3, -0.25) is 10.1 Å². The number of fused-ring (bicyclic) bond motifs is 1. The van der Waals surface area contributed by atoms with Gasteiger partial charge in [0.05, 0.1) is 32.4 Å². The number of thiazole rings is 1. The summed E-state index contributed by atoms with van der Waals surface area (Å²) >= 11 is 8.97. The minimum absolute atomic E-state index is 0.129. The van der Waals surface area contributed by atoms with Crippen LogP contribution < -0.4 is 5.32 Å². The van der Waals surface area contributed by atoms with Crippen LogP contribution in [0.4, 0.5) is 5.95 Å². The third-order valence-corrected chi connectivity index (χ3v) is 6.19. The van der Waals surface area contributed by atoms with E-state index in [9.17, 15) is 4.79 Å². The summed E-state index contributed by atoms with van der Waals surface area (Å²) in [7, 11) is 0. The van der Waals surface area contributed by atoms with Crippen molar-refractivity contribution >= 4 is 57.2 Å². The topological polar surface area (TPSA) is 59.8 Å². The van der Waals surface area contributed by atoms with Crippen molar-refractivity contribution < 1.29 is 4.79 Å². The summed E-state index contributed by atoms with van der Waals surface area (Å²) in [6.07, 6.45) is 0.211. The quantitative estimate of drug-likeness (QED) is 0.506. The molecule has 1 amide bonds. The number of amides is 1. The van der Waals surface area contributed by atoms with Crippen molar-refractivity contribution in [3.05, 3.63) is 51.8 Å². The predicted octanol–water partition coefficient (Wildman–Crippen LogP) is 5.08. The number of carbonyl (C=O) groups excluding carboxylic acids is 1. The Balaban J connectivity index is 1.50. The van der Waals surface area contributed by atoms with E-state index in [4.69, 9.17) is 11.6 Å². The van der Waals surface area contributed by atoms with Crippen LogP contribution in [0, 0.1) is 0 Å². The number of aryl methyl sites for hydroxylation is 1. The lowest BCUT2D eigenvalue weighted by atomic mass is 10.3. The van der Waals surface area contributed by atoms with E-state index in [1.54, 1.807) is 0 Å². The number of hydrogen-bond acceptors (Lipinski definition) is 5. The molecule has 0 aliphatic carbocycles. The van der Waals surface area contributed by atoms with Crippen LogP contribution in [-0.2, 0) is 17.8 Å². The van der Waals surface area contributed by atoms with Crippen LogP contribution in [0.15, 0.2) is 41.8 Å². The maximum absolute atomic E-state index is 12.5. The van der Waals surface area contributed by atoms with Crippen LogP contribution in [0.25, 0.3) is 20.9 Å². The van der Waals surface area contributed by atoms with E-state index in [0.717, 1.165) is 37.5 Å². The summed E-state index contributed by atoms with van der Waals surface area (Å²) in [6.45, 7) is 2.76. The highest BCUT2D eigenvalue weighted by atomic mass is 35.5. The lowest BCUT2D eigenvalue weighted by molar-refractivity contribution is -0.115. The molecule has 0 spiro atoms. The van der Waals surface area contributed by atoms with Crippen LogP contribution in [0.2, 0.25) is 4.34 Å². The molecule has 0 atom stereocenters. The lowest BCUT2D eigenvalue weighted by Crippen LogP contribution is -2.17. The highest BCUT2D eigenvalue weighted by Gasteiger charge is 2.14. The van der Waals surface area contributed by atoms with E-state index < -0.39 is 0 Å². The normalized spacial score (nSPS) is 11.2. The van der Waals surface area contributed by atoms with E-state index in [0.29, 0.717) is 5.95 Å². The van der Waals surface area contributed by atoms with Gasteiger partial charge in [0.1, 0.15) is 5.01 Å². The third kappa shape index (κ3) is 3.38. The van der Waals surface area contributed by atoms with Gasteiger partial charge in [0.25, 0.3) is 0 Å². The molecule has 8 heteroatoms. The summed E-state index contributed by atoms with van der Waals surface area (Å²) in [5.41, 5.74) is 2.62. The first-order chi connectivity index (χ1) is 12.6. The highest BCUT2D eigenvalue weighted by molar-refractivity contribution is 7.23. The predicted molar refractivity (Wildman–Crippen MR) is 108 cm³/mol. The largest absolute Gasteiger partial charge is 0.310 e. The van der Waals surface area contributed by atoms with E-state index in [-0.39, 0.29) is 12.3 Å². The number of para-hydroxylation sites is 2. The van der Waals surface area contributed by atoms with Crippen molar-refractivity contribution in [3.63, 3.8) is 0 Å². The second kappa shape index (κ2) is 7.19. The third-order valence-electron chi connectivity index (χ3n) is 3.90. The number of aromatic nitrogens is 3. The number of halogens is 1. The first-order valence-corrected chi connectivity index (χ1v) is 10.2. The number of hydrogen-bond donors (Lipinski definition) is 1. The van der Waals surface area contributed by atoms with Gasteiger partial charge >= 0.3 is 0 Å². The molecule has 0 aliphatic heterocycles. The van der Waals surface area contributed by atoms with Gasteiger partial charge in [0, 0.05) is 11.9 Å². The molecule has 1 N–H and O–H groups in total. The lowest BCUT2D eigenvalue weighted by Gasteiger charge is -2.06. The Morgan fingerprint density at radius 1 is 1.23 bits per heavy atom. The van der Waals surface area contributed by atoms with Crippen LogP contribution in [0.3, 0.4) is 0 Å².